The molecule has 144 valence electrons. The first-order valence-electron chi connectivity index (χ1n) is 10.1. The van der Waals surface area contributed by atoms with Crippen molar-refractivity contribution < 1.29 is 4.74 Å². The Morgan fingerprint density at radius 3 is 2.21 bits per heavy atom. The normalized spacial score (nSPS) is 17.2. The summed E-state index contributed by atoms with van der Waals surface area (Å²) in [5.74, 6) is 0.906. The molecule has 0 aliphatic carbocycles. The summed E-state index contributed by atoms with van der Waals surface area (Å²) in [7, 11) is 0. The van der Waals surface area contributed by atoms with E-state index in [1.165, 1.54) is 36.2 Å². The number of benzene rings is 3. The fourth-order valence-corrected chi connectivity index (χ4v) is 3.78. The van der Waals surface area contributed by atoms with Crippen LogP contribution in [0.4, 0.5) is 5.69 Å². The van der Waals surface area contributed by atoms with Gasteiger partial charge in [-0.1, -0.05) is 60.7 Å². The topological polar surface area (TPSA) is 24.5 Å². The van der Waals surface area contributed by atoms with Gasteiger partial charge in [0.1, 0.15) is 12.4 Å². The van der Waals surface area contributed by atoms with Crippen molar-refractivity contribution in [3.8, 4) is 5.75 Å². The van der Waals surface area contributed by atoms with Crippen molar-refractivity contribution in [1.82, 2.24) is 4.90 Å². The van der Waals surface area contributed by atoms with Crippen molar-refractivity contribution in [2.45, 2.75) is 32.0 Å². The number of nitrogens with zero attached hydrogens (tertiary/aromatic N) is 1. The van der Waals surface area contributed by atoms with Gasteiger partial charge in [-0.15, -0.1) is 0 Å². The smallest absolute Gasteiger partial charge is 0.119 e. The number of hydrogen-bond acceptors (Lipinski definition) is 3. The molecule has 0 spiro atoms. The highest BCUT2D eigenvalue weighted by Gasteiger charge is 2.19. The summed E-state index contributed by atoms with van der Waals surface area (Å²) in [6.07, 6.45) is 2.46. The molecular formula is C25H28N2O. The summed E-state index contributed by atoms with van der Waals surface area (Å²) in [4.78, 5) is 2.55. The van der Waals surface area contributed by atoms with Gasteiger partial charge >= 0.3 is 0 Å². The lowest BCUT2D eigenvalue weighted by molar-refractivity contribution is 0.208. The minimum absolute atomic E-state index is 0.494. The second kappa shape index (κ2) is 9.43. The fourth-order valence-electron chi connectivity index (χ4n) is 3.78. The lowest BCUT2D eigenvalue weighted by Gasteiger charge is -2.33. The van der Waals surface area contributed by atoms with Gasteiger partial charge in [0.2, 0.25) is 0 Å². The monoisotopic (exact) mass is 372 g/mol. The predicted octanol–water partition coefficient (Wildman–Crippen LogP) is 5.34. The molecule has 3 aromatic carbocycles. The molecule has 1 N–H and O–H groups in total. The average molecular weight is 373 g/mol. The zero-order valence-electron chi connectivity index (χ0n) is 16.3. The molecule has 3 nitrogen and oxygen atoms in total. The van der Waals surface area contributed by atoms with Crippen LogP contribution in [-0.2, 0) is 13.2 Å². The second-order valence-electron chi connectivity index (χ2n) is 7.50. The first-order chi connectivity index (χ1) is 13.8. The highest BCUT2D eigenvalue weighted by molar-refractivity contribution is 5.47. The van der Waals surface area contributed by atoms with Crippen molar-refractivity contribution in [3.63, 3.8) is 0 Å². The number of rotatable bonds is 7. The summed E-state index contributed by atoms with van der Waals surface area (Å²) in [5.41, 5.74) is 3.74. The Morgan fingerprint density at radius 2 is 1.50 bits per heavy atom. The number of anilines is 1. The highest BCUT2D eigenvalue weighted by Crippen LogP contribution is 2.21. The van der Waals surface area contributed by atoms with Gasteiger partial charge in [0, 0.05) is 24.8 Å². The lowest BCUT2D eigenvalue weighted by Crippen LogP contribution is -2.41. The van der Waals surface area contributed by atoms with E-state index in [-0.39, 0.29) is 0 Å². The molecule has 3 heteroatoms. The molecule has 0 radical (unpaired) electrons. The molecule has 0 bridgehead atoms. The van der Waals surface area contributed by atoms with Crippen LogP contribution in [-0.4, -0.2) is 24.0 Å². The third-order valence-electron chi connectivity index (χ3n) is 5.23. The average Bonchev–Trinajstić information content (AvgIpc) is 2.75. The zero-order chi connectivity index (χ0) is 19.0. The van der Waals surface area contributed by atoms with E-state index in [0.29, 0.717) is 12.6 Å². The Bertz CT molecular complexity index is 833. The van der Waals surface area contributed by atoms with Gasteiger partial charge in [0.05, 0.1) is 0 Å². The van der Waals surface area contributed by atoms with E-state index >= 15 is 0 Å². The fraction of sp³-hybridized carbons (Fsp3) is 0.280. The molecule has 28 heavy (non-hydrogen) atoms. The molecule has 0 aromatic heterocycles. The Hall–Kier alpha value is -2.78. The molecule has 1 atom stereocenters. The van der Waals surface area contributed by atoms with Crippen LogP contribution in [0.3, 0.4) is 0 Å². The number of likely N-dealkylation sites (tertiary alicyclic amines) is 1. The zero-order valence-corrected chi connectivity index (χ0v) is 16.3. The van der Waals surface area contributed by atoms with Crippen molar-refractivity contribution in [3.05, 3.63) is 96.1 Å². The maximum atomic E-state index is 5.88. The van der Waals surface area contributed by atoms with Crippen LogP contribution in [0.15, 0.2) is 84.9 Å². The molecule has 1 aliphatic heterocycles. The van der Waals surface area contributed by atoms with Crippen LogP contribution in [0.25, 0.3) is 0 Å². The molecule has 1 fully saturated rings. The third kappa shape index (κ3) is 5.37. The third-order valence-corrected chi connectivity index (χ3v) is 5.23. The maximum absolute atomic E-state index is 5.88. The van der Waals surface area contributed by atoms with Crippen molar-refractivity contribution in [2.24, 2.45) is 0 Å². The molecule has 3 aromatic rings. The maximum Gasteiger partial charge on any atom is 0.119 e. The first kappa shape index (κ1) is 18.6. The summed E-state index contributed by atoms with van der Waals surface area (Å²) in [5, 5.41) is 3.70. The molecule has 1 heterocycles. The SMILES string of the molecule is c1ccc(COc2ccc(NC3CCCN(Cc4ccccc4)C3)cc2)cc1. The van der Waals surface area contributed by atoms with Crippen molar-refractivity contribution in [2.75, 3.05) is 18.4 Å². The van der Waals surface area contributed by atoms with E-state index in [4.69, 9.17) is 4.74 Å². The quantitative estimate of drug-likeness (QED) is 0.606. The molecule has 4 rings (SSSR count). The van der Waals surface area contributed by atoms with Gasteiger partial charge in [-0.25, -0.2) is 0 Å². The van der Waals surface area contributed by atoms with Crippen LogP contribution in [0.5, 0.6) is 5.75 Å². The minimum Gasteiger partial charge on any atom is -0.489 e. The summed E-state index contributed by atoms with van der Waals surface area (Å²) in [6, 6.07) is 29.9. The van der Waals surface area contributed by atoms with Gasteiger partial charge in [-0.3, -0.25) is 4.90 Å². The van der Waals surface area contributed by atoms with E-state index in [2.05, 4.69) is 76.9 Å². The standard InChI is InChI=1S/C25H28N2O/c1-3-8-21(9-4-1)18-27-17-7-12-24(19-27)26-23-13-15-25(16-14-23)28-20-22-10-5-2-6-11-22/h1-6,8-11,13-16,24,26H,7,12,17-20H2. The van der Waals surface area contributed by atoms with Crippen LogP contribution in [0.2, 0.25) is 0 Å². The van der Waals surface area contributed by atoms with Crippen molar-refractivity contribution in [1.29, 1.82) is 0 Å². The van der Waals surface area contributed by atoms with E-state index < -0.39 is 0 Å². The van der Waals surface area contributed by atoms with Gasteiger partial charge < -0.3 is 10.1 Å². The molecule has 1 aliphatic rings. The van der Waals surface area contributed by atoms with E-state index in [1.807, 2.05) is 18.2 Å². The summed E-state index contributed by atoms with van der Waals surface area (Å²) < 4.78 is 5.88. The Labute approximate surface area is 168 Å². The van der Waals surface area contributed by atoms with Crippen LogP contribution >= 0.6 is 0 Å². The molecule has 1 unspecified atom stereocenters. The van der Waals surface area contributed by atoms with Crippen LogP contribution in [0, 0.1) is 0 Å². The minimum atomic E-state index is 0.494. The Balaban J connectivity index is 1.27. The van der Waals surface area contributed by atoms with E-state index in [9.17, 15) is 0 Å². The lowest BCUT2D eigenvalue weighted by atomic mass is 10.0. The van der Waals surface area contributed by atoms with Crippen LogP contribution < -0.4 is 10.1 Å². The van der Waals surface area contributed by atoms with E-state index in [0.717, 1.165) is 18.8 Å². The van der Waals surface area contributed by atoms with Gasteiger partial charge in [-0.05, 0) is 54.8 Å². The predicted molar refractivity (Wildman–Crippen MR) is 116 cm³/mol. The second-order valence-corrected chi connectivity index (χ2v) is 7.50. The van der Waals surface area contributed by atoms with E-state index in [1.54, 1.807) is 0 Å². The van der Waals surface area contributed by atoms with Crippen molar-refractivity contribution >= 4 is 5.69 Å². The number of ether oxygens (including phenoxy) is 1. The van der Waals surface area contributed by atoms with Gasteiger partial charge in [0.15, 0.2) is 0 Å². The van der Waals surface area contributed by atoms with Gasteiger partial charge in [0.25, 0.3) is 0 Å². The largest absolute Gasteiger partial charge is 0.489 e. The van der Waals surface area contributed by atoms with Gasteiger partial charge in [-0.2, -0.15) is 0 Å². The molecular weight excluding hydrogens is 344 g/mol. The number of hydrogen-bond donors (Lipinski definition) is 1. The van der Waals surface area contributed by atoms with Crippen LogP contribution in [0.1, 0.15) is 24.0 Å². The Kier molecular flexibility index (Phi) is 6.25. The molecule has 0 saturated carbocycles. The summed E-state index contributed by atoms with van der Waals surface area (Å²) in [6.45, 7) is 3.90. The highest BCUT2D eigenvalue weighted by atomic mass is 16.5. The summed E-state index contributed by atoms with van der Waals surface area (Å²) >= 11 is 0. The molecule has 0 amide bonds. The molecule has 1 saturated heterocycles. The number of nitrogens with one attached hydrogen (secondary N) is 1. The Morgan fingerprint density at radius 1 is 0.821 bits per heavy atom. The number of piperidine rings is 1. The first-order valence-corrected chi connectivity index (χ1v) is 10.1.